The van der Waals surface area contributed by atoms with Crippen molar-refractivity contribution in [2.24, 2.45) is 5.73 Å². The molecule has 0 aliphatic rings. The number of anilines is 1. The lowest BCUT2D eigenvalue weighted by Crippen LogP contribution is -2.18. The van der Waals surface area contributed by atoms with Crippen LogP contribution in [0.5, 0.6) is 0 Å². The van der Waals surface area contributed by atoms with Crippen molar-refractivity contribution in [3.8, 4) is 0 Å². The summed E-state index contributed by atoms with van der Waals surface area (Å²) in [6, 6.07) is 8.11. The second-order valence-electron chi connectivity index (χ2n) is 4.40. The highest BCUT2D eigenvalue weighted by Crippen LogP contribution is 2.29. The molecule has 1 aromatic carbocycles. The summed E-state index contributed by atoms with van der Waals surface area (Å²) in [4.78, 5) is 0. The number of hydrogen-bond acceptors (Lipinski definition) is 2. The monoisotopic (exact) mass is 192 g/mol. The van der Waals surface area contributed by atoms with E-state index in [1.807, 2.05) is 12.1 Å². The summed E-state index contributed by atoms with van der Waals surface area (Å²) in [5, 5.41) is 0. The summed E-state index contributed by atoms with van der Waals surface area (Å²) >= 11 is 0. The van der Waals surface area contributed by atoms with E-state index in [2.05, 4.69) is 26.0 Å². The molecule has 0 saturated heterocycles. The Hall–Kier alpha value is -1.02. The SMILES string of the molecule is CC(C)(CCCN)c1cccc(N)c1. The topological polar surface area (TPSA) is 52.0 Å². The summed E-state index contributed by atoms with van der Waals surface area (Å²) in [7, 11) is 0. The Kier molecular flexibility index (Phi) is 3.53. The Labute approximate surface area is 86.3 Å². The fraction of sp³-hybridized carbons (Fsp3) is 0.500. The number of rotatable bonds is 4. The zero-order valence-corrected chi connectivity index (χ0v) is 9.09. The van der Waals surface area contributed by atoms with Crippen molar-refractivity contribution < 1.29 is 0 Å². The second kappa shape index (κ2) is 4.47. The van der Waals surface area contributed by atoms with Gasteiger partial charge in [-0.15, -0.1) is 0 Å². The van der Waals surface area contributed by atoms with Crippen molar-refractivity contribution in [3.63, 3.8) is 0 Å². The average Bonchev–Trinajstić information content (AvgIpc) is 2.15. The molecule has 0 bridgehead atoms. The molecule has 0 spiro atoms. The van der Waals surface area contributed by atoms with Crippen LogP contribution in [0, 0.1) is 0 Å². The third-order valence-corrected chi connectivity index (χ3v) is 2.67. The molecule has 14 heavy (non-hydrogen) atoms. The number of hydrogen-bond donors (Lipinski definition) is 2. The van der Waals surface area contributed by atoms with E-state index in [-0.39, 0.29) is 5.41 Å². The molecule has 1 rings (SSSR count). The standard InChI is InChI=1S/C12H20N2/c1-12(2,7-4-8-13)10-5-3-6-11(14)9-10/h3,5-6,9H,4,7-8,13-14H2,1-2H3. The molecule has 0 saturated carbocycles. The molecule has 2 heteroatoms. The van der Waals surface area contributed by atoms with Gasteiger partial charge in [0.25, 0.3) is 0 Å². The average molecular weight is 192 g/mol. The Morgan fingerprint density at radius 3 is 2.57 bits per heavy atom. The van der Waals surface area contributed by atoms with Gasteiger partial charge in [0.05, 0.1) is 0 Å². The normalized spacial score (nSPS) is 11.6. The zero-order chi connectivity index (χ0) is 10.6. The highest BCUT2D eigenvalue weighted by molar-refractivity contribution is 5.42. The third kappa shape index (κ3) is 2.74. The van der Waals surface area contributed by atoms with Gasteiger partial charge >= 0.3 is 0 Å². The number of benzene rings is 1. The maximum Gasteiger partial charge on any atom is 0.0316 e. The van der Waals surface area contributed by atoms with E-state index in [4.69, 9.17) is 11.5 Å². The molecule has 78 valence electrons. The number of nitrogens with two attached hydrogens (primary N) is 2. The van der Waals surface area contributed by atoms with Crippen LogP contribution >= 0.6 is 0 Å². The molecule has 0 fully saturated rings. The summed E-state index contributed by atoms with van der Waals surface area (Å²) < 4.78 is 0. The van der Waals surface area contributed by atoms with Crippen molar-refractivity contribution in [3.05, 3.63) is 29.8 Å². The van der Waals surface area contributed by atoms with Gasteiger partial charge in [-0.3, -0.25) is 0 Å². The summed E-state index contributed by atoms with van der Waals surface area (Å²) in [6.45, 7) is 5.22. The Balaban J connectivity index is 2.80. The molecule has 0 aliphatic carbocycles. The van der Waals surface area contributed by atoms with Crippen molar-refractivity contribution in [1.82, 2.24) is 0 Å². The lowest BCUT2D eigenvalue weighted by atomic mass is 9.80. The zero-order valence-electron chi connectivity index (χ0n) is 9.09. The van der Waals surface area contributed by atoms with Gasteiger partial charge in [0.2, 0.25) is 0 Å². The van der Waals surface area contributed by atoms with Crippen molar-refractivity contribution >= 4 is 5.69 Å². The van der Waals surface area contributed by atoms with Crippen LogP contribution in [0.1, 0.15) is 32.3 Å². The van der Waals surface area contributed by atoms with Crippen LogP contribution in [-0.2, 0) is 5.41 Å². The quantitative estimate of drug-likeness (QED) is 0.719. The molecule has 4 N–H and O–H groups in total. The first kappa shape index (κ1) is 11.1. The predicted molar refractivity (Wildman–Crippen MR) is 62.2 cm³/mol. The molecule has 0 atom stereocenters. The Morgan fingerprint density at radius 1 is 1.29 bits per heavy atom. The molecule has 0 radical (unpaired) electrons. The van der Waals surface area contributed by atoms with E-state index in [1.54, 1.807) is 0 Å². The third-order valence-electron chi connectivity index (χ3n) is 2.67. The van der Waals surface area contributed by atoms with Crippen LogP contribution in [0.25, 0.3) is 0 Å². The summed E-state index contributed by atoms with van der Waals surface area (Å²) in [6.07, 6.45) is 2.16. The molecular formula is C12H20N2. The van der Waals surface area contributed by atoms with Crippen LogP contribution in [0.2, 0.25) is 0 Å². The van der Waals surface area contributed by atoms with Gasteiger partial charge in [-0.1, -0.05) is 26.0 Å². The van der Waals surface area contributed by atoms with Gasteiger partial charge in [-0.05, 0) is 42.5 Å². The Bertz CT molecular complexity index is 292. The first-order valence-electron chi connectivity index (χ1n) is 5.12. The van der Waals surface area contributed by atoms with E-state index < -0.39 is 0 Å². The summed E-state index contributed by atoms with van der Waals surface area (Å²) in [5.41, 5.74) is 13.6. The van der Waals surface area contributed by atoms with Gasteiger partial charge < -0.3 is 11.5 Å². The largest absolute Gasteiger partial charge is 0.399 e. The van der Waals surface area contributed by atoms with Crippen LogP contribution in [0.15, 0.2) is 24.3 Å². The Morgan fingerprint density at radius 2 is 2.00 bits per heavy atom. The van der Waals surface area contributed by atoms with Gasteiger partial charge in [0, 0.05) is 5.69 Å². The first-order chi connectivity index (χ1) is 6.56. The highest BCUT2D eigenvalue weighted by atomic mass is 14.5. The van der Waals surface area contributed by atoms with Gasteiger partial charge in [-0.25, -0.2) is 0 Å². The van der Waals surface area contributed by atoms with Crippen molar-refractivity contribution in [1.29, 1.82) is 0 Å². The molecule has 0 amide bonds. The minimum atomic E-state index is 0.175. The van der Waals surface area contributed by atoms with E-state index in [0.29, 0.717) is 0 Å². The van der Waals surface area contributed by atoms with Crippen LogP contribution < -0.4 is 11.5 Å². The van der Waals surface area contributed by atoms with E-state index >= 15 is 0 Å². The highest BCUT2D eigenvalue weighted by Gasteiger charge is 2.19. The molecule has 2 nitrogen and oxygen atoms in total. The lowest BCUT2D eigenvalue weighted by molar-refractivity contribution is 0.465. The van der Waals surface area contributed by atoms with E-state index in [1.165, 1.54) is 5.56 Å². The molecule has 0 unspecified atom stereocenters. The van der Waals surface area contributed by atoms with Gasteiger partial charge in [0.15, 0.2) is 0 Å². The minimum absolute atomic E-state index is 0.175. The van der Waals surface area contributed by atoms with Crippen LogP contribution in [-0.4, -0.2) is 6.54 Å². The number of nitrogen functional groups attached to an aromatic ring is 1. The lowest BCUT2D eigenvalue weighted by Gasteiger charge is -2.25. The van der Waals surface area contributed by atoms with Gasteiger partial charge in [-0.2, -0.15) is 0 Å². The summed E-state index contributed by atoms with van der Waals surface area (Å²) in [5.74, 6) is 0. The van der Waals surface area contributed by atoms with Crippen LogP contribution in [0.3, 0.4) is 0 Å². The fourth-order valence-electron chi connectivity index (χ4n) is 1.65. The van der Waals surface area contributed by atoms with Gasteiger partial charge in [0.1, 0.15) is 0 Å². The maximum absolute atomic E-state index is 5.76. The molecule has 0 aromatic heterocycles. The van der Waals surface area contributed by atoms with Crippen molar-refractivity contribution in [2.75, 3.05) is 12.3 Å². The minimum Gasteiger partial charge on any atom is -0.399 e. The second-order valence-corrected chi connectivity index (χ2v) is 4.40. The molecule has 0 heterocycles. The fourth-order valence-corrected chi connectivity index (χ4v) is 1.65. The smallest absolute Gasteiger partial charge is 0.0316 e. The molecular weight excluding hydrogens is 172 g/mol. The van der Waals surface area contributed by atoms with E-state index in [0.717, 1.165) is 25.1 Å². The molecule has 1 aromatic rings. The first-order valence-corrected chi connectivity index (χ1v) is 5.12. The maximum atomic E-state index is 5.76. The van der Waals surface area contributed by atoms with Crippen LogP contribution in [0.4, 0.5) is 5.69 Å². The predicted octanol–water partition coefficient (Wildman–Crippen LogP) is 2.29. The van der Waals surface area contributed by atoms with E-state index in [9.17, 15) is 0 Å². The van der Waals surface area contributed by atoms with Crippen molar-refractivity contribution in [2.45, 2.75) is 32.1 Å². The molecule has 0 aliphatic heterocycles.